The minimum absolute atomic E-state index is 0.0214. The van der Waals surface area contributed by atoms with Crippen LogP contribution in [-0.2, 0) is 4.74 Å². The smallest absolute Gasteiger partial charge is 0.430 e. The molecule has 1 aromatic carbocycles. The summed E-state index contributed by atoms with van der Waals surface area (Å²) in [5.41, 5.74) is 0. The number of rotatable bonds is 4. The molecule has 0 aliphatic heterocycles. The molecule has 0 bridgehead atoms. The second-order valence-corrected chi connectivity index (χ2v) is 3.62. The Morgan fingerprint density at radius 1 is 0.947 bits per heavy atom. The van der Waals surface area contributed by atoms with Crippen LogP contribution >= 0.6 is 11.6 Å². The van der Waals surface area contributed by atoms with E-state index in [9.17, 15) is 26.3 Å². The summed E-state index contributed by atoms with van der Waals surface area (Å²) in [6.07, 6.45) is -14.2. The Kier molecular flexibility index (Phi) is 4.92. The predicted molar refractivity (Wildman–Crippen MR) is 53.4 cm³/mol. The van der Waals surface area contributed by atoms with E-state index < -0.39 is 25.2 Å². The summed E-state index contributed by atoms with van der Waals surface area (Å²) < 4.78 is 80.4. The first-order valence-corrected chi connectivity index (χ1v) is 5.01. The van der Waals surface area contributed by atoms with Crippen LogP contribution in [0.5, 0.6) is 5.75 Å². The number of hydrogen-bond donors (Lipinski definition) is 0. The van der Waals surface area contributed by atoms with Gasteiger partial charge in [-0.3, -0.25) is 0 Å². The van der Waals surface area contributed by atoms with Crippen molar-refractivity contribution >= 4 is 11.6 Å². The van der Waals surface area contributed by atoms with Gasteiger partial charge < -0.3 is 9.47 Å². The van der Waals surface area contributed by atoms with Gasteiger partial charge in [0.15, 0.2) is 6.79 Å². The van der Waals surface area contributed by atoms with Gasteiger partial charge in [0.1, 0.15) is 5.75 Å². The molecule has 0 saturated heterocycles. The van der Waals surface area contributed by atoms with E-state index in [1.54, 1.807) is 0 Å². The summed E-state index contributed by atoms with van der Waals surface area (Å²) in [6.45, 7) is -1.23. The zero-order valence-corrected chi connectivity index (χ0v) is 9.73. The van der Waals surface area contributed by atoms with Gasteiger partial charge in [0.05, 0.1) is 0 Å². The average molecular weight is 308 g/mol. The second-order valence-electron chi connectivity index (χ2n) is 3.19. The molecule has 0 spiro atoms. The lowest BCUT2D eigenvalue weighted by Crippen LogP contribution is -2.37. The van der Waals surface area contributed by atoms with Gasteiger partial charge in [-0.05, 0) is 24.3 Å². The zero-order valence-electron chi connectivity index (χ0n) is 8.98. The van der Waals surface area contributed by atoms with Crippen LogP contribution in [0, 0.1) is 6.10 Å². The molecule has 0 aliphatic carbocycles. The van der Waals surface area contributed by atoms with Gasteiger partial charge >= 0.3 is 18.5 Å². The quantitative estimate of drug-likeness (QED) is 0.608. The molecule has 0 heterocycles. The SMILES string of the molecule is FC(F)(F)[C](OCOc1ccc(Cl)cc1)C(F)(F)F. The van der Waals surface area contributed by atoms with E-state index in [0.717, 1.165) is 0 Å². The third kappa shape index (κ3) is 5.15. The molecule has 9 heteroatoms. The van der Waals surface area contributed by atoms with E-state index in [1.165, 1.54) is 24.3 Å². The molecule has 1 aromatic rings. The minimum Gasteiger partial charge on any atom is -0.468 e. The summed E-state index contributed by atoms with van der Waals surface area (Å²) >= 11 is 5.53. The average Bonchev–Trinajstić information content (AvgIpc) is 2.23. The van der Waals surface area contributed by atoms with Gasteiger partial charge in [-0.2, -0.15) is 26.3 Å². The van der Waals surface area contributed by atoms with Crippen LogP contribution in [0.1, 0.15) is 0 Å². The van der Waals surface area contributed by atoms with Gasteiger partial charge in [-0.15, -0.1) is 0 Å². The fraction of sp³-hybridized carbons (Fsp3) is 0.300. The normalized spacial score (nSPS) is 12.8. The molecule has 0 aliphatic rings. The maximum atomic E-state index is 12.0. The lowest BCUT2D eigenvalue weighted by atomic mass is 10.3. The van der Waals surface area contributed by atoms with Crippen molar-refractivity contribution in [1.82, 2.24) is 0 Å². The Balaban J connectivity index is 2.56. The minimum atomic E-state index is -5.64. The van der Waals surface area contributed by atoms with Crippen LogP contribution in [0.25, 0.3) is 0 Å². The Morgan fingerprint density at radius 2 is 1.42 bits per heavy atom. The fourth-order valence-electron chi connectivity index (χ4n) is 1.01. The highest BCUT2D eigenvalue weighted by atomic mass is 35.5. The van der Waals surface area contributed by atoms with Crippen LogP contribution in [-0.4, -0.2) is 19.1 Å². The van der Waals surface area contributed by atoms with E-state index in [4.69, 9.17) is 11.6 Å². The molecule has 107 valence electrons. The Bertz CT molecular complexity index is 386. The largest absolute Gasteiger partial charge is 0.468 e. The summed E-state index contributed by atoms with van der Waals surface area (Å²) in [6, 6.07) is 5.25. The van der Waals surface area contributed by atoms with E-state index in [2.05, 4.69) is 9.47 Å². The lowest BCUT2D eigenvalue weighted by Gasteiger charge is -2.21. The number of ether oxygens (including phenoxy) is 2. The fourth-order valence-corrected chi connectivity index (χ4v) is 1.14. The number of hydrogen-bond acceptors (Lipinski definition) is 2. The highest BCUT2D eigenvalue weighted by molar-refractivity contribution is 6.30. The maximum Gasteiger partial charge on any atom is 0.430 e. The standard InChI is InChI=1S/C10H6ClF6O2/c11-6-1-3-7(4-2-6)18-5-19-8(9(12,13)14)10(15,16)17/h1-4H,5H2. The predicted octanol–water partition coefficient (Wildman–Crippen LogP) is 4.35. The summed E-state index contributed by atoms with van der Waals surface area (Å²) in [5, 5.41) is 0.339. The van der Waals surface area contributed by atoms with Crippen molar-refractivity contribution in [2.45, 2.75) is 12.4 Å². The van der Waals surface area contributed by atoms with Crippen LogP contribution in [0.2, 0.25) is 5.02 Å². The van der Waals surface area contributed by atoms with Crippen molar-refractivity contribution in [1.29, 1.82) is 0 Å². The van der Waals surface area contributed by atoms with Crippen LogP contribution in [0.3, 0.4) is 0 Å². The number of halogens is 7. The Hall–Kier alpha value is -1.15. The molecule has 0 unspecified atom stereocenters. The molecule has 0 aromatic heterocycles. The molecule has 0 amide bonds. The molecule has 1 radical (unpaired) electrons. The van der Waals surface area contributed by atoms with Crippen molar-refractivity contribution in [2.24, 2.45) is 0 Å². The Morgan fingerprint density at radius 3 is 1.84 bits per heavy atom. The third-order valence-electron chi connectivity index (χ3n) is 1.76. The van der Waals surface area contributed by atoms with Gasteiger partial charge in [0, 0.05) is 5.02 Å². The monoisotopic (exact) mass is 307 g/mol. The first-order chi connectivity index (χ1) is 8.60. The molecule has 1 rings (SSSR count). The maximum absolute atomic E-state index is 12.0. The highest BCUT2D eigenvalue weighted by Gasteiger charge is 2.60. The summed E-state index contributed by atoms with van der Waals surface area (Å²) in [5.74, 6) is 0.0214. The molecule has 0 N–H and O–H groups in total. The van der Waals surface area contributed by atoms with Crippen molar-refractivity contribution in [3.8, 4) is 5.75 Å². The van der Waals surface area contributed by atoms with Crippen molar-refractivity contribution in [3.05, 3.63) is 35.4 Å². The lowest BCUT2D eigenvalue weighted by molar-refractivity contribution is -0.271. The Labute approximate surface area is 108 Å². The highest BCUT2D eigenvalue weighted by Crippen LogP contribution is 2.41. The molecule has 0 saturated carbocycles. The van der Waals surface area contributed by atoms with Gasteiger partial charge in [0.2, 0.25) is 0 Å². The number of benzene rings is 1. The molecule has 0 fully saturated rings. The van der Waals surface area contributed by atoms with E-state index in [-0.39, 0.29) is 5.75 Å². The van der Waals surface area contributed by atoms with Crippen molar-refractivity contribution < 1.29 is 35.8 Å². The molecule has 19 heavy (non-hydrogen) atoms. The number of alkyl halides is 6. The summed E-state index contributed by atoms with van der Waals surface area (Å²) in [4.78, 5) is 0. The van der Waals surface area contributed by atoms with Gasteiger partial charge in [0.25, 0.3) is 0 Å². The molecular formula is C10H6ClF6O2. The molecule has 0 atom stereocenters. The van der Waals surface area contributed by atoms with E-state index in [0.29, 0.717) is 5.02 Å². The van der Waals surface area contributed by atoms with Crippen molar-refractivity contribution in [3.63, 3.8) is 0 Å². The second kappa shape index (κ2) is 5.87. The topological polar surface area (TPSA) is 18.5 Å². The molecule has 2 nitrogen and oxygen atoms in total. The first kappa shape index (κ1) is 15.9. The zero-order chi connectivity index (χ0) is 14.7. The van der Waals surface area contributed by atoms with Crippen LogP contribution in [0.15, 0.2) is 24.3 Å². The summed E-state index contributed by atoms with van der Waals surface area (Å²) in [7, 11) is 0. The van der Waals surface area contributed by atoms with Crippen LogP contribution < -0.4 is 4.74 Å². The third-order valence-corrected chi connectivity index (χ3v) is 2.01. The van der Waals surface area contributed by atoms with E-state index >= 15 is 0 Å². The first-order valence-electron chi connectivity index (χ1n) is 4.63. The van der Waals surface area contributed by atoms with E-state index in [1.807, 2.05) is 0 Å². The van der Waals surface area contributed by atoms with Crippen molar-refractivity contribution in [2.75, 3.05) is 6.79 Å². The van der Waals surface area contributed by atoms with Gasteiger partial charge in [-0.25, -0.2) is 0 Å². The van der Waals surface area contributed by atoms with Crippen LogP contribution in [0.4, 0.5) is 26.3 Å². The molecular weight excluding hydrogens is 302 g/mol. The van der Waals surface area contributed by atoms with Gasteiger partial charge in [-0.1, -0.05) is 11.6 Å².